The Morgan fingerprint density at radius 1 is 1.47 bits per heavy atom. The van der Waals surface area contributed by atoms with Gasteiger partial charge in [0.05, 0.1) is 5.69 Å². The van der Waals surface area contributed by atoms with Crippen molar-refractivity contribution in [1.29, 1.82) is 0 Å². The maximum Gasteiger partial charge on any atom is 0.328 e. The number of rotatable bonds is 3. The molecule has 1 rings (SSSR count). The number of aromatic nitrogens is 2. The van der Waals surface area contributed by atoms with E-state index in [2.05, 4.69) is 5.10 Å². The van der Waals surface area contributed by atoms with Crippen LogP contribution in [0.25, 0.3) is 0 Å². The highest BCUT2D eigenvalue weighted by Gasteiger charge is 2.25. The van der Waals surface area contributed by atoms with Crippen LogP contribution < -0.4 is 5.56 Å². The quantitative estimate of drug-likeness (QED) is 0.802. The molecule has 15 heavy (non-hydrogen) atoms. The van der Waals surface area contributed by atoms with Gasteiger partial charge in [-0.05, 0) is 18.9 Å². The van der Waals surface area contributed by atoms with Crippen molar-refractivity contribution >= 4 is 5.97 Å². The maximum absolute atomic E-state index is 11.5. The summed E-state index contributed by atoms with van der Waals surface area (Å²) in [6, 6.07) is 2.00. The standard InChI is InChI=1S/C10H14N2O3/c1-6(2)9(10(14)15)12-8(13)5-4-7(3)11-12/h4-6,9H,1-3H3,(H,14,15)/t9-/m1/s1. The Labute approximate surface area is 87.4 Å². The summed E-state index contributed by atoms with van der Waals surface area (Å²) >= 11 is 0. The predicted octanol–water partition coefficient (Wildman–Crippen LogP) is 0.833. The molecule has 5 heteroatoms. The summed E-state index contributed by atoms with van der Waals surface area (Å²) in [7, 11) is 0. The molecular formula is C10H14N2O3. The lowest BCUT2D eigenvalue weighted by Crippen LogP contribution is -2.34. The van der Waals surface area contributed by atoms with E-state index in [1.807, 2.05) is 0 Å². The molecule has 82 valence electrons. The molecule has 0 saturated heterocycles. The van der Waals surface area contributed by atoms with Crippen LogP contribution in [-0.4, -0.2) is 20.9 Å². The van der Waals surface area contributed by atoms with Crippen molar-refractivity contribution in [1.82, 2.24) is 9.78 Å². The van der Waals surface area contributed by atoms with E-state index in [9.17, 15) is 9.59 Å². The topological polar surface area (TPSA) is 72.2 Å². The Bertz CT molecular complexity index is 423. The number of carboxylic acids is 1. The first kappa shape index (κ1) is 11.4. The van der Waals surface area contributed by atoms with Crippen molar-refractivity contribution in [3.63, 3.8) is 0 Å². The molecule has 1 aromatic heterocycles. The highest BCUT2D eigenvalue weighted by molar-refractivity contribution is 5.71. The first-order valence-corrected chi connectivity index (χ1v) is 4.72. The molecule has 0 unspecified atom stereocenters. The van der Waals surface area contributed by atoms with Gasteiger partial charge < -0.3 is 5.11 Å². The number of aryl methyl sites for hydroxylation is 1. The maximum atomic E-state index is 11.5. The van der Waals surface area contributed by atoms with E-state index in [1.165, 1.54) is 6.07 Å². The Morgan fingerprint density at radius 3 is 2.53 bits per heavy atom. The fourth-order valence-electron chi connectivity index (χ4n) is 1.39. The van der Waals surface area contributed by atoms with Crippen molar-refractivity contribution in [3.05, 3.63) is 28.2 Å². The molecule has 0 amide bonds. The third-order valence-electron chi connectivity index (χ3n) is 2.11. The zero-order valence-electron chi connectivity index (χ0n) is 8.97. The highest BCUT2D eigenvalue weighted by Crippen LogP contribution is 2.14. The number of carboxylic acid groups (broad SMARTS) is 1. The lowest BCUT2D eigenvalue weighted by Gasteiger charge is -2.17. The molecule has 0 saturated carbocycles. The minimum Gasteiger partial charge on any atom is -0.480 e. The van der Waals surface area contributed by atoms with Gasteiger partial charge in [-0.2, -0.15) is 5.10 Å². The predicted molar refractivity (Wildman–Crippen MR) is 54.7 cm³/mol. The van der Waals surface area contributed by atoms with Gasteiger partial charge in [0.2, 0.25) is 0 Å². The van der Waals surface area contributed by atoms with Gasteiger partial charge in [-0.1, -0.05) is 13.8 Å². The van der Waals surface area contributed by atoms with Crippen LogP contribution in [0, 0.1) is 12.8 Å². The van der Waals surface area contributed by atoms with Gasteiger partial charge in [-0.15, -0.1) is 0 Å². The van der Waals surface area contributed by atoms with Crippen molar-refractivity contribution in [2.24, 2.45) is 5.92 Å². The van der Waals surface area contributed by atoms with E-state index in [1.54, 1.807) is 26.8 Å². The molecule has 0 radical (unpaired) electrons. The van der Waals surface area contributed by atoms with Gasteiger partial charge >= 0.3 is 5.97 Å². The van der Waals surface area contributed by atoms with E-state index in [0.717, 1.165) is 4.68 Å². The SMILES string of the molecule is Cc1ccc(=O)n([C@@H](C(=O)O)C(C)C)n1. The average molecular weight is 210 g/mol. The molecule has 1 atom stereocenters. The highest BCUT2D eigenvalue weighted by atomic mass is 16.4. The zero-order valence-corrected chi connectivity index (χ0v) is 8.97. The molecular weight excluding hydrogens is 196 g/mol. The first-order valence-electron chi connectivity index (χ1n) is 4.72. The van der Waals surface area contributed by atoms with E-state index in [-0.39, 0.29) is 11.5 Å². The van der Waals surface area contributed by atoms with Gasteiger partial charge in [0, 0.05) is 6.07 Å². The average Bonchev–Trinajstić information content (AvgIpc) is 2.10. The minimum atomic E-state index is -1.04. The third kappa shape index (κ3) is 2.43. The summed E-state index contributed by atoms with van der Waals surface area (Å²) in [5.74, 6) is -1.22. The van der Waals surface area contributed by atoms with Crippen molar-refractivity contribution in [3.8, 4) is 0 Å². The Kier molecular flexibility index (Phi) is 3.24. The summed E-state index contributed by atoms with van der Waals surface area (Å²) in [6.07, 6.45) is 0. The Balaban J connectivity index is 3.28. The van der Waals surface area contributed by atoms with Gasteiger partial charge in [0.25, 0.3) is 5.56 Å². The van der Waals surface area contributed by atoms with Crippen LogP contribution in [0.3, 0.4) is 0 Å². The summed E-state index contributed by atoms with van der Waals surface area (Å²) < 4.78 is 1.03. The molecule has 0 aliphatic rings. The summed E-state index contributed by atoms with van der Waals surface area (Å²) in [4.78, 5) is 22.5. The van der Waals surface area contributed by atoms with Crippen molar-refractivity contribution in [2.45, 2.75) is 26.8 Å². The Hall–Kier alpha value is -1.65. The molecule has 0 aliphatic heterocycles. The third-order valence-corrected chi connectivity index (χ3v) is 2.11. The van der Waals surface area contributed by atoms with Gasteiger partial charge in [0.15, 0.2) is 6.04 Å². The van der Waals surface area contributed by atoms with E-state index >= 15 is 0 Å². The number of nitrogens with zero attached hydrogens (tertiary/aromatic N) is 2. The lowest BCUT2D eigenvalue weighted by atomic mass is 10.1. The normalized spacial score (nSPS) is 12.8. The van der Waals surface area contributed by atoms with Crippen LogP contribution in [0.15, 0.2) is 16.9 Å². The van der Waals surface area contributed by atoms with Crippen LogP contribution in [0.4, 0.5) is 0 Å². The Morgan fingerprint density at radius 2 is 2.07 bits per heavy atom. The molecule has 0 bridgehead atoms. The number of carbonyl (C=O) groups is 1. The number of hydrogen-bond acceptors (Lipinski definition) is 3. The zero-order chi connectivity index (χ0) is 11.6. The van der Waals surface area contributed by atoms with E-state index < -0.39 is 12.0 Å². The fourth-order valence-corrected chi connectivity index (χ4v) is 1.39. The van der Waals surface area contributed by atoms with Gasteiger partial charge in [-0.25, -0.2) is 9.48 Å². The second kappa shape index (κ2) is 4.25. The smallest absolute Gasteiger partial charge is 0.328 e. The molecule has 0 aliphatic carbocycles. The first-order chi connectivity index (χ1) is 6.93. The van der Waals surface area contributed by atoms with Crippen molar-refractivity contribution in [2.75, 3.05) is 0 Å². The summed E-state index contributed by atoms with van der Waals surface area (Å²) in [6.45, 7) is 5.21. The molecule has 0 spiro atoms. The van der Waals surface area contributed by atoms with Gasteiger partial charge in [0.1, 0.15) is 0 Å². The van der Waals surface area contributed by atoms with Crippen LogP contribution in [0.1, 0.15) is 25.6 Å². The molecule has 1 N–H and O–H groups in total. The van der Waals surface area contributed by atoms with Crippen molar-refractivity contribution < 1.29 is 9.90 Å². The molecule has 1 aromatic rings. The van der Waals surface area contributed by atoms with Gasteiger partial charge in [-0.3, -0.25) is 4.79 Å². The van der Waals surface area contributed by atoms with Crippen LogP contribution in [0.2, 0.25) is 0 Å². The molecule has 1 heterocycles. The fraction of sp³-hybridized carbons (Fsp3) is 0.500. The van der Waals surface area contributed by atoms with Crippen LogP contribution in [-0.2, 0) is 4.79 Å². The lowest BCUT2D eigenvalue weighted by molar-refractivity contribution is -0.142. The number of aliphatic carboxylic acids is 1. The second-order valence-corrected chi connectivity index (χ2v) is 3.78. The van der Waals surface area contributed by atoms with E-state index in [4.69, 9.17) is 5.11 Å². The monoisotopic (exact) mass is 210 g/mol. The summed E-state index contributed by atoms with van der Waals surface area (Å²) in [5.41, 5.74) is 0.239. The molecule has 0 fully saturated rings. The van der Waals surface area contributed by atoms with Crippen LogP contribution >= 0.6 is 0 Å². The summed E-state index contributed by atoms with van der Waals surface area (Å²) in [5, 5.41) is 13.0. The molecule has 5 nitrogen and oxygen atoms in total. The second-order valence-electron chi connectivity index (χ2n) is 3.78. The number of hydrogen-bond donors (Lipinski definition) is 1. The molecule has 0 aromatic carbocycles. The van der Waals surface area contributed by atoms with E-state index in [0.29, 0.717) is 5.69 Å². The largest absolute Gasteiger partial charge is 0.480 e. The minimum absolute atomic E-state index is 0.186. The van der Waals surface area contributed by atoms with Crippen LogP contribution in [0.5, 0.6) is 0 Å².